The number of pyridine rings is 1. The predicted molar refractivity (Wildman–Crippen MR) is 83.9 cm³/mol. The molecule has 0 saturated carbocycles. The number of aryl methyl sites for hydroxylation is 1. The lowest BCUT2D eigenvalue weighted by Gasteiger charge is -2.05. The summed E-state index contributed by atoms with van der Waals surface area (Å²) in [6, 6.07) is 15.8. The van der Waals surface area contributed by atoms with Crippen LogP contribution in [0.5, 0.6) is 0 Å². The Bertz CT molecular complexity index is 1030. The Morgan fingerprint density at radius 1 is 1.05 bits per heavy atom. The van der Waals surface area contributed by atoms with E-state index in [1.807, 2.05) is 48.0 Å². The predicted octanol–water partition coefficient (Wildman–Crippen LogP) is 3.18. The van der Waals surface area contributed by atoms with Gasteiger partial charge < -0.3 is 4.98 Å². The summed E-state index contributed by atoms with van der Waals surface area (Å²) in [5, 5.41) is 7.36. The number of benzene rings is 2. The zero-order valence-electron chi connectivity index (χ0n) is 11.5. The summed E-state index contributed by atoms with van der Waals surface area (Å²) in [5.41, 5.74) is 2.95. The van der Waals surface area contributed by atoms with Gasteiger partial charge in [-0.2, -0.15) is 5.10 Å². The molecule has 0 aliphatic rings. The van der Waals surface area contributed by atoms with Gasteiger partial charge in [0.25, 0.3) is 5.56 Å². The van der Waals surface area contributed by atoms with E-state index < -0.39 is 0 Å². The van der Waals surface area contributed by atoms with Crippen molar-refractivity contribution in [2.45, 2.75) is 6.92 Å². The second-order valence-electron chi connectivity index (χ2n) is 5.09. The van der Waals surface area contributed by atoms with Gasteiger partial charge in [-0.25, -0.2) is 4.68 Å². The standard InChI is InChI=1S/C17H13N3O/c1-11-14-4-2-3-5-16(14)20(19-11)13-6-7-15-12(10-13)8-9-18-17(15)21/h2-10H,1H3,(H,18,21). The van der Waals surface area contributed by atoms with Crippen LogP contribution in [0, 0.1) is 6.92 Å². The smallest absolute Gasteiger partial charge is 0.255 e. The van der Waals surface area contributed by atoms with Gasteiger partial charge in [0.05, 0.1) is 16.9 Å². The van der Waals surface area contributed by atoms with E-state index in [1.165, 1.54) is 0 Å². The van der Waals surface area contributed by atoms with Gasteiger partial charge in [-0.3, -0.25) is 4.79 Å². The summed E-state index contributed by atoms with van der Waals surface area (Å²) in [4.78, 5) is 14.5. The number of aromatic nitrogens is 3. The van der Waals surface area contributed by atoms with Gasteiger partial charge in [-0.05, 0) is 42.6 Å². The van der Waals surface area contributed by atoms with Crippen LogP contribution in [0.3, 0.4) is 0 Å². The molecule has 21 heavy (non-hydrogen) atoms. The fraction of sp³-hybridized carbons (Fsp3) is 0.0588. The molecule has 102 valence electrons. The van der Waals surface area contributed by atoms with Crippen LogP contribution in [0.15, 0.2) is 59.5 Å². The highest BCUT2D eigenvalue weighted by molar-refractivity contribution is 5.86. The molecule has 4 nitrogen and oxygen atoms in total. The Kier molecular flexibility index (Phi) is 2.44. The number of nitrogens with zero attached hydrogens (tertiary/aromatic N) is 2. The molecule has 0 amide bonds. The van der Waals surface area contributed by atoms with E-state index in [1.54, 1.807) is 6.20 Å². The highest BCUT2D eigenvalue weighted by Crippen LogP contribution is 2.23. The average molecular weight is 275 g/mol. The first kappa shape index (κ1) is 11.9. The van der Waals surface area contributed by atoms with E-state index >= 15 is 0 Å². The van der Waals surface area contributed by atoms with Crippen LogP contribution in [0.1, 0.15) is 5.69 Å². The maximum absolute atomic E-state index is 11.8. The molecule has 2 aromatic carbocycles. The molecule has 4 rings (SSSR count). The largest absolute Gasteiger partial charge is 0.329 e. The highest BCUT2D eigenvalue weighted by Gasteiger charge is 2.09. The van der Waals surface area contributed by atoms with Gasteiger partial charge in [-0.1, -0.05) is 18.2 Å². The molecular weight excluding hydrogens is 262 g/mol. The summed E-state index contributed by atoms with van der Waals surface area (Å²) in [5.74, 6) is 0. The lowest BCUT2D eigenvalue weighted by atomic mass is 10.1. The molecule has 2 aromatic heterocycles. The molecular formula is C17H13N3O. The summed E-state index contributed by atoms with van der Waals surface area (Å²) >= 11 is 0. The number of nitrogens with one attached hydrogen (secondary N) is 1. The van der Waals surface area contributed by atoms with Crippen molar-refractivity contribution in [3.05, 3.63) is 70.8 Å². The molecule has 0 aliphatic heterocycles. The van der Waals surface area contributed by atoms with Crippen LogP contribution < -0.4 is 5.56 Å². The number of aromatic amines is 1. The minimum absolute atomic E-state index is 0.0689. The second kappa shape index (κ2) is 4.31. The lowest BCUT2D eigenvalue weighted by Crippen LogP contribution is -2.05. The quantitative estimate of drug-likeness (QED) is 0.580. The molecule has 1 N–H and O–H groups in total. The Balaban J connectivity index is 2.03. The van der Waals surface area contributed by atoms with Gasteiger partial charge in [0.15, 0.2) is 0 Å². The van der Waals surface area contributed by atoms with Crippen LogP contribution in [0.25, 0.3) is 27.4 Å². The number of rotatable bonds is 1. The molecule has 0 spiro atoms. The van der Waals surface area contributed by atoms with Crippen molar-refractivity contribution in [3.63, 3.8) is 0 Å². The van der Waals surface area contributed by atoms with Crippen molar-refractivity contribution in [3.8, 4) is 5.69 Å². The summed E-state index contributed by atoms with van der Waals surface area (Å²) in [6.07, 6.45) is 1.67. The monoisotopic (exact) mass is 275 g/mol. The zero-order chi connectivity index (χ0) is 14.4. The Morgan fingerprint density at radius 2 is 1.90 bits per heavy atom. The molecule has 0 fully saturated rings. The molecule has 4 heteroatoms. The number of hydrogen-bond acceptors (Lipinski definition) is 2. The Labute approximate surface area is 120 Å². The first-order valence-corrected chi connectivity index (χ1v) is 6.80. The number of hydrogen-bond donors (Lipinski definition) is 1. The maximum Gasteiger partial charge on any atom is 0.255 e. The van der Waals surface area contributed by atoms with Crippen molar-refractivity contribution in [2.75, 3.05) is 0 Å². The lowest BCUT2D eigenvalue weighted by molar-refractivity contribution is 0.890. The van der Waals surface area contributed by atoms with Crippen molar-refractivity contribution in [1.82, 2.24) is 14.8 Å². The van der Waals surface area contributed by atoms with Gasteiger partial charge in [0.2, 0.25) is 0 Å². The zero-order valence-corrected chi connectivity index (χ0v) is 11.5. The highest BCUT2D eigenvalue weighted by atomic mass is 16.1. The van der Waals surface area contributed by atoms with E-state index in [0.717, 1.165) is 27.7 Å². The third-order valence-corrected chi connectivity index (χ3v) is 3.77. The minimum atomic E-state index is -0.0689. The summed E-state index contributed by atoms with van der Waals surface area (Å²) in [7, 11) is 0. The van der Waals surface area contributed by atoms with E-state index in [4.69, 9.17) is 0 Å². The fourth-order valence-electron chi connectivity index (χ4n) is 2.73. The van der Waals surface area contributed by atoms with E-state index in [0.29, 0.717) is 5.39 Å². The van der Waals surface area contributed by atoms with E-state index in [-0.39, 0.29) is 5.56 Å². The SMILES string of the molecule is Cc1nn(-c2ccc3c(=O)[nH]ccc3c2)c2ccccc12. The topological polar surface area (TPSA) is 50.7 Å². The van der Waals surface area contributed by atoms with Gasteiger partial charge in [0, 0.05) is 17.0 Å². The molecule has 0 radical (unpaired) electrons. The molecule has 4 aromatic rings. The molecule has 0 bridgehead atoms. The Morgan fingerprint density at radius 3 is 2.81 bits per heavy atom. The first-order chi connectivity index (χ1) is 10.2. The van der Waals surface area contributed by atoms with E-state index in [2.05, 4.69) is 22.2 Å². The van der Waals surface area contributed by atoms with Crippen LogP contribution in [-0.2, 0) is 0 Å². The molecule has 0 unspecified atom stereocenters. The minimum Gasteiger partial charge on any atom is -0.329 e. The molecule has 2 heterocycles. The van der Waals surface area contributed by atoms with Gasteiger partial charge in [-0.15, -0.1) is 0 Å². The van der Waals surface area contributed by atoms with Crippen molar-refractivity contribution < 1.29 is 0 Å². The van der Waals surface area contributed by atoms with Gasteiger partial charge >= 0.3 is 0 Å². The van der Waals surface area contributed by atoms with Crippen molar-refractivity contribution in [1.29, 1.82) is 0 Å². The van der Waals surface area contributed by atoms with Crippen LogP contribution in [0.2, 0.25) is 0 Å². The van der Waals surface area contributed by atoms with Crippen molar-refractivity contribution >= 4 is 21.7 Å². The van der Waals surface area contributed by atoms with Crippen LogP contribution >= 0.6 is 0 Å². The van der Waals surface area contributed by atoms with Crippen molar-refractivity contribution in [2.24, 2.45) is 0 Å². The first-order valence-electron chi connectivity index (χ1n) is 6.80. The molecule has 0 atom stereocenters. The number of para-hydroxylation sites is 1. The maximum atomic E-state index is 11.8. The average Bonchev–Trinajstić information content (AvgIpc) is 2.85. The second-order valence-corrected chi connectivity index (χ2v) is 5.09. The normalized spacial score (nSPS) is 11.3. The number of fused-ring (bicyclic) bond motifs is 2. The number of H-pyrrole nitrogens is 1. The fourth-order valence-corrected chi connectivity index (χ4v) is 2.73. The molecule has 0 aliphatic carbocycles. The summed E-state index contributed by atoms with van der Waals surface area (Å²) < 4.78 is 1.92. The van der Waals surface area contributed by atoms with Crippen LogP contribution in [0.4, 0.5) is 0 Å². The van der Waals surface area contributed by atoms with E-state index in [9.17, 15) is 4.79 Å². The van der Waals surface area contributed by atoms with Gasteiger partial charge in [0.1, 0.15) is 0 Å². The third-order valence-electron chi connectivity index (χ3n) is 3.77. The third kappa shape index (κ3) is 1.76. The van der Waals surface area contributed by atoms with Crippen LogP contribution in [-0.4, -0.2) is 14.8 Å². The molecule has 0 saturated heterocycles. The summed E-state index contributed by atoms with van der Waals surface area (Å²) in [6.45, 7) is 2.00. The Hall–Kier alpha value is -2.88.